The van der Waals surface area contributed by atoms with Crippen molar-refractivity contribution in [2.75, 3.05) is 32.0 Å². The van der Waals surface area contributed by atoms with Gasteiger partial charge in [-0.2, -0.15) is 0 Å². The first-order valence-electron chi connectivity index (χ1n) is 7.21. The fraction of sp³-hybridized carbons (Fsp3) is 0.333. The minimum absolute atomic E-state index is 0.0770. The first-order chi connectivity index (χ1) is 10.9. The second kappa shape index (κ2) is 5.71. The Morgan fingerprint density at radius 2 is 2.09 bits per heavy atom. The van der Waals surface area contributed by atoms with Gasteiger partial charge in [-0.25, -0.2) is 4.79 Å². The first kappa shape index (κ1) is 15.0. The van der Waals surface area contributed by atoms with Crippen molar-refractivity contribution in [3.8, 4) is 0 Å². The predicted octanol–water partition coefficient (Wildman–Crippen LogP) is -0.195. The molecule has 3 rings (SSSR count). The zero-order valence-electron chi connectivity index (χ0n) is 12.6. The summed E-state index contributed by atoms with van der Waals surface area (Å²) in [5.74, 6) is -0.927. The third-order valence-corrected chi connectivity index (χ3v) is 3.89. The Hall–Kier alpha value is -2.90. The number of rotatable bonds is 3. The molecule has 5 amide bonds. The molecule has 0 spiro atoms. The van der Waals surface area contributed by atoms with Crippen LogP contribution in [-0.4, -0.2) is 60.2 Å². The molecule has 0 aliphatic carbocycles. The zero-order valence-corrected chi connectivity index (χ0v) is 12.6. The molecule has 2 N–H and O–H groups in total. The second-order valence-electron chi connectivity index (χ2n) is 5.61. The molecule has 2 heterocycles. The van der Waals surface area contributed by atoms with Gasteiger partial charge in [-0.15, -0.1) is 0 Å². The third kappa shape index (κ3) is 3.01. The predicted molar refractivity (Wildman–Crippen MR) is 80.8 cm³/mol. The molecule has 1 fully saturated rings. The number of nitrogens with one attached hydrogen (secondary N) is 2. The van der Waals surface area contributed by atoms with Crippen LogP contribution in [0, 0.1) is 0 Å². The van der Waals surface area contributed by atoms with Crippen molar-refractivity contribution in [1.82, 2.24) is 15.1 Å². The average molecular weight is 316 g/mol. The summed E-state index contributed by atoms with van der Waals surface area (Å²) in [5.41, 5.74) is 2.02. The summed E-state index contributed by atoms with van der Waals surface area (Å²) in [6.07, 6.45) is 0.780. The standard InChI is InChI=1S/C15H16N4O4/c1-18-5-4-9-2-3-10(6-11(9)14(18)22)16-12(20)7-19-8-13(21)17-15(19)23/h2-3,6H,4-5,7-8H2,1H3,(H,16,20)(H,17,21,23). The van der Waals surface area contributed by atoms with Gasteiger partial charge < -0.3 is 15.1 Å². The van der Waals surface area contributed by atoms with E-state index in [0.717, 1.165) is 16.9 Å². The molecule has 120 valence electrons. The molecule has 0 unspecified atom stereocenters. The van der Waals surface area contributed by atoms with E-state index in [2.05, 4.69) is 10.6 Å². The lowest BCUT2D eigenvalue weighted by Crippen LogP contribution is -2.36. The van der Waals surface area contributed by atoms with Crippen molar-refractivity contribution in [2.24, 2.45) is 0 Å². The molecule has 0 radical (unpaired) electrons. The lowest BCUT2D eigenvalue weighted by Gasteiger charge is -2.25. The molecule has 8 nitrogen and oxygen atoms in total. The monoisotopic (exact) mass is 316 g/mol. The molecule has 0 atom stereocenters. The van der Waals surface area contributed by atoms with E-state index in [1.165, 1.54) is 0 Å². The summed E-state index contributed by atoms with van der Waals surface area (Å²) in [6, 6.07) is 4.61. The summed E-state index contributed by atoms with van der Waals surface area (Å²) in [6.45, 7) is 0.331. The number of hydrogen-bond donors (Lipinski definition) is 2. The molecule has 8 heteroatoms. The van der Waals surface area contributed by atoms with Crippen LogP contribution < -0.4 is 10.6 Å². The number of hydrogen-bond acceptors (Lipinski definition) is 4. The van der Waals surface area contributed by atoms with Crippen LogP contribution in [0.1, 0.15) is 15.9 Å². The average Bonchev–Trinajstić information content (AvgIpc) is 2.81. The molecule has 2 aliphatic rings. The van der Waals surface area contributed by atoms with E-state index < -0.39 is 17.8 Å². The molecular weight excluding hydrogens is 300 g/mol. The fourth-order valence-corrected chi connectivity index (χ4v) is 2.65. The number of imide groups is 1. The van der Waals surface area contributed by atoms with Gasteiger partial charge in [0.1, 0.15) is 13.1 Å². The fourth-order valence-electron chi connectivity index (χ4n) is 2.65. The summed E-state index contributed by atoms with van der Waals surface area (Å²) in [5, 5.41) is 4.75. The van der Waals surface area contributed by atoms with Gasteiger partial charge in [0.2, 0.25) is 11.8 Å². The normalized spacial score (nSPS) is 17.2. The number of amides is 5. The summed E-state index contributed by atoms with van der Waals surface area (Å²) >= 11 is 0. The van der Waals surface area contributed by atoms with E-state index in [1.807, 2.05) is 6.07 Å². The van der Waals surface area contributed by atoms with Gasteiger partial charge in [-0.1, -0.05) is 6.07 Å². The minimum Gasteiger partial charge on any atom is -0.341 e. The van der Waals surface area contributed by atoms with Gasteiger partial charge in [0.05, 0.1) is 0 Å². The van der Waals surface area contributed by atoms with Crippen LogP contribution in [0.3, 0.4) is 0 Å². The molecule has 23 heavy (non-hydrogen) atoms. The number of anilines is 1. The quantitative estimate of drug-likeness (QED) is 0.755. The van der Waals surface area contributed by atoms with E-state index in [-0.39, 0.29) is 19.0 Å². The largest absolute Gasteiger partial charge is 0.341 e. The molecule has 2 aliphatic heterocycles. The molecule has 1 aromatic carbocycles. The number of urea groups is 1. The van der Waals surface area contributed by atoms with Crippen molar-refractivity contribution in [3.05, 3.63) is 29.3 Å². The van der Waals surface area contributed by atoms with Crippen molar-refractivity contribution >= 4 is 29.4 Å². The Morgan fingerprint density at radius 1 is 1.30 bits per heavy atom. The van der Waals surface area contributed by atoms with Crippen molar-refractivity contribution in [1.29, 1.82) is 0 Å². The lowest BCUT2D eigenvalue weighted by molar-refractivity contribution is -0.119. The van der Waals surface area contributed by atoms with Crippen LogP contribution in [0.25, 0.3) is 0 Å². The maximum Gasteiger partial charge on any atom is 0.325 e. The molecule has 1 saturated heterocycles. The van der Waals surface area contributed by atoms with Crippen LogP contribution in [0.5, 0.6) is 0 Å². The van der Waals surface area contributed by atoms with Crippen LogP contribution in [0.15, 0.2) is 18.2 Å². The zero-order chi connectivity index (χ0) is 16.6. The van der Waals surface area contributed by atoms with Crippen LogP contribution in [0.4, 0.5) is 10.5 Å². The molecular formula is C15H16N4O4. The SMILES string of the molecule is CN1CCc2ccc(NC(=O)CN3CC(=O)NC3=O)cc2C1=O. The van der Waals surface area contributed by atoms with Crippen molar-refractivity contribution in [2.45, 2.75) is 6.42 Å². The van der Waals surface area contributed by atoms with E-state index in [9.17, 15) is 19.2 Å². The van der Waals surface area contributed by atoms with Gasteiger partial charge >= 0.3 is 6.03 Å². The summed E-state index contributed by atoms with van der Waals surface area (Å²) < 4.78 is 0. The number of benzene rings is 1. The topological polar surface area (TPSA) is 98.8 Å². The summed E-state index contributed by atoms with van der Waals surface area (Å²) in [4.78, 5) is 49.4. The lowest BCUT2D eigenvalue weighted by atomic mass is 9.99. The van der Waals surface area contributed by atoms with Crippen LogP contribution >= 0.6 is 0 Å². The van der Waals surface area contributed by atoms with Gasteiger partial charge in [0.15, 0.2) is 0 Å². The number of carbonyl (C=O) groups is 4. The Balaban J connectivity index is 1.69. The van der Waals surface area contributed by atoms with Crippen molar-refractivity contribution < 1.29 is 19.2 Å². The Bertz CT molecular complexity index is 715. The van der Waals surface area contributed by atoms with Crippen LogP contribution in [0.2, 0.25) is 0 Å². The summed E-state index contributed by atoms with van der Waals surface area (Å²) in [7, 11) is 1.74. The van der Waals surface area contributed by atoms with Crippen LogP contribution in [-0.2, 0) is 16.0 Å². The molecule has 1 aromatic rings. The number of likely N-dealkylation sites (N-methyl/N-ethyl adjacent to an activating group) is 1. The van der Waals surface area contributed by atoms with Gasteiger partial charge in [0.25, 0.3) is 5.91 Å². The Morgan fingerprint density at radius 3 is 2.78 bits per heavy atom. The molecule has 0 bridgehead atoms. The number of nitrogens with zero attached hydrogens (tertiary/aromatic N) is 2. The van der Waals surface area contributed by atoms with Gasteiger partial charge in [-0.05, 0) is 24.1 Å². The van der Waals surface area contributed by atoms with Gasteiger partial charge in [0, 0.05) is 24.8 Å². The highest BCUT2D eigenvalue weighted by atomic mass is 16.2. The minimum atomic E-state index is -0.576. The van der Waals surface area contributed by atoms with E-state index in [0.29, 0.717) is 17.8 Å². The molecule has 0 saturated carbocycles. The van der Waals surface area contributed by atoms with E-state index in [1.54, 1.807) is 24.1 Å². The Kier molecular flexibility index (Phi) is 3.73. The molecule has 0 aromatic heterocycles. The highest BCUT2D eigenvalue weighted by Crippen LogP contribution is 2.22. The van der Waals surface area contributed by atoms with E-state index >= 15 is 0 Å². The number of carbonyl (C=O) groups excluding carboxylic acids is 4. The Labute approximate surface area is 132 Å². The number of fused-ring (bicyclic) bond motifs is 1. The highest BCUT2D eigenvalue weighted by Gasteiger charge is 2.28. The maximum absolute atomic E-state index is 12.1. The smallest absolute Gasteiger partial charge is 0.325 e. The third-order valence-electron chi connectivity index (χ3n) is 3.89. The highest BCUT2D eigenvalue weighted by molar-refractivity contribution is 6.05. The second-order valence-corrected chi connectivity index (χ2v) is 5.61. The van der Waals surface area contributed by atoms with E-state index in [4.69, 9.17) is 0 Å². The first-order valence-corrected chi connectivity index (χ1v) is 7.21. The maximum atomic E-state index is 12.1. The van der Waals surface area contributed by atoms with Gasteiger partial charge in [-0.3, -0.25) is 19.7 Å². The van der Waals surface area contributed by atoms with Crippen molar-refractivity contribution in [3.63, 3.8) is 0 Å².